The van der Waals surface area contributed by atoms with Gasteiger partial charge in [-0.25, -0.2) is 4.39 Å². The molecule has 0 radical (unpaired) electrons. The van der Waals surface area contributed by atoms with Crippen molar-refractivity contribution in [3.63, 3.8) is 0 Å². The Morgan fingerprint density at radius 2 is 1.97 bits per heavy atom. The van der Waals surface area contributed by atoms with Crippen LogP contribution >= 0.6 is 0 Å². The Morgan fingerprint density at radius 3 is 2.73 bits per heavy atom. The van der Waals surface area contributed by atoms with E-state index < -0.39 is 5.97 Å². The molecule has 0 unspecified atom stereocenters. The monoisotopic (exact) mass is 447 g/mol. The third-order valence-corrected chi connectivity index (χ3v) is 6.60. The van der Waals surface area contributed by atoms with Crippen LogP contribution < -0.4 is 9.47 Å². The van der Waals surface area contributed by atoms with E-state index in [2.05, 4.69) is 0 Å². The summed E-state index contributed by atoms with van der Waals surface area (Å²) in [4.78, 5) is 16.1. The first-order valence-corrected chi connectivity index (χ1v) is 11.3. The number of rotatable bonds is 8. The van der Waals surface area contributed by atoms with Crippen LogP contribution in [0.5, 0.6) is 11.5 Å². The van der Waals surface area contributed by atoms with E-state index in [1.165, 1.54) is 6.07 Å². The van der Waals surface area contributed by atoms with Gasteiger partial charge in [0.25, 0.3) is 0 Å². The van der Waals surface area contributed by atoms with Crippen LogP contribution in [-0.4, -0.2) is 23.2 Å². The highest BCUT2D eigenvalue weighted by Gasteiger charge is 2.34. The minimum atomic E-state index is -0.766. The number of aromatic nitrogens is 1. The number of ether oxygens (including phenoxy) is 2. The summed E-state index contributed by atoms with van der Waals surface area (Å²) < 4.78 is 25.9. The summed E-state index contributed by atoms with van der Waals surface area (Å²) >= 11 is 0. The van der Waals surface area contributed by atoms with E-state index >= 15 is 0 Å². The van der Waals surface area contributed by atoms with Crippen molar-refractivity contribution in [3.05, 3.63) is 77.2 Å². The number of carbonyl (C=O) groups is 1. The fourth-order valence-electron chi connectivity index (χ4n) is 4.76. The van der Waals surface area contributed by atoms with Gasteiger partial charge in [0.05, 0.1) is 19.2 Å². The molecule has 0 amide bonds. The molecule has 2 aliphatic carbocycles. The summed E-state index contributed by atoms with van der Waals surface area (Å²) in [5.74, 6) is 0.702. The lowest BCUT2D eigenvalue weighted by molar-refractivity contribution is -0.137. The number of hydrogen-bond acceptors (Lipinski definition) is 4. The van der Waals surface area contributed by atoms with Crippen molar-refractivity contribution in [2.24, 2.45) is 5.92 Å². The van der Waals surface area contributed by atoms with Gasteiger partial charge >= 0.3 is 5.97 Å². The van der Waals surface area contributed by atoms with Crippen molar-refractivity contribution in [1.82, 2.24) is 4.98 Å². The Bertz CT molecular complexity index is 1190. The first-order valence-electron chi connectivity index (χ1n) is 11.3. The molecule has 1 saturated carbocycles. The number of hydrogen-bond donors (Lipinski definition) is 1. The minimum absolute atomic E-state index is 0.0314. The number of carboxylic acid groups (broad SMARTS) is 1. The molecule has 0 aliphatic heterocycles. The van der Waals surface area contributed by atoms with E-state index in [-0.39, 0.29) is 24.3 Å². The third kappa shape index (κ3) is 4.56. The predicted octanol–water partition coefficient (Wildman–Crippen LogP) is 5.93. The standard InChI is InChI=1S/C27H26FNO4/c1-32-18-7-9-23(28)22(14-18)25-10-8-20-24(29-25)11-12-26(20)33-19-4-2-3-17(13-19)21(15-27(30)31)16-5-6-16/h2-4,7-10,13-14,16,21,26H,5-6,11-12,15H2,1H3,(H,30,31)/t21-,26+/m0/s1. The lowest BCUT2D eigenvalue weighted by Crippen LogP contribution is -2.09. The molecule has 2 aliphatic rings. The van der Waals surface area contributed by atoms with Crippen LogP contribution in [0.2, 0.25) is 0 Å². The van der Waals surface area contributed by atoms with Crippen molar-refractivity contribution in [2.45, 2.75) is 44.1 Å². The molecule has 1 heterocycles. The summed E-state index contributed by atoms with van der Waals surface area (Å²) in [6.07, 6.45) is 3.72. The number of carboxylic acids is 1. The average molecular weight is 448 g/mol. The summed E-state index contributed by atoms with van der Waals surface area (Å²) in [7, 11) is 1.55. The van der Waals surface area contributed by atoms with E-state index in [1.54, 1.807) is 19.2 Å². The topological polar surface area (TPSA) is 68.7 Å². The minimum Gasteiger partial charge on any atom is -0.497 e. The maximum Gasteiger partial charge on any atom is 0.303 e. The molecule has 1 fully saturated rings. The molecule has 2 atom stereocenters. The molecule has 33 heavy (non-hydrogen) atoms. The van der Waals surface area contributed by atoms with Crippen LogP contribution in [0.1, 0.15) is 54.5 Å². The van der Waals surface area contributed by atoms with Gasteiger partial charge in [0.15, 0.2) is 0 Å². The van der Waals surface area contributed by atoms with E-state index in [0.717, 1.165) is 48.3 Å². The number of aliphatic carboxylic acids is 1. The molecule has 0 saturated heterocycles. The molecule has 3 aromatic rings. The van der Waals surface area contributed by atoms with Crippen LogP contribution in [-0.2, 0) is 11.2 Å². The maximum atomic E-state index is 14.4. The zero-order chi connectivity index (χ0) is 22.9. The van der Waals surface area contributed by atoms with E-state index in [1.807, 2.05) is 36.4 Å². The predicted molar refractivity (Wildman–Crippen MR) is 122 cm³/mol. The Morgan fingerprint density at radius 1 is 1.12 bits per heavy atom. The number of halogens is 1. The Hall–Kier alpha value is -3.41. The number of benzene rings is 2. The van der Waals surface area contributed by atoms with E-state index in [9.17, 15) is 14.3 Å². The number of aryl methyl sites for hydroxylation is 1. The van der Waals surface area contributed by atoms with Crippen molar-refractivity contribution >= 4 is 5.97 Å². The van der Waals surface area contributed by atoms with Crippen LogP contribution in [0.15, 0.2) is 54.6 Å². The molecule has 0 bridgehead atoms. The molecule has 2 aromatic carbocycles. The SMILES string of the molecule is COc1ccc(F)c(-c2ccc3c(n2)CC[C@H]3Oc2cccc([C@@H](CC(=O)O)C3CC3)c2)c1. The first-order chi connectivity index (χ1) is 16.0. The molecular formula is C27H26FNO4. The summed E-state index contributed by atoms with van der Waals surface area (Å²) in [5.41, 5.74) is 3.94. The van der Waals surface area contributed by atoms with Crippen LogP contribution in [0, 0.1) is 11.7 Å². The van der Waals surface area contributed by atoms with Gasteiger partial charge in [0, 0.05) is 16.8 Å². The number of nitrogens with zero attached hydrogens (tertiary/aromatic N) is 1. The van der Waals surface area contributed by atoms with Gasteiger partial charge in [-0.2, -0.15) is 0 Å². The van der Waals surface area contributed by atoms with Gasteiger partial charge in [0.1, 0.15) is 23.4 Å². The first kappa shape index (κ1) is 21.4. The Balaban J connectivity index is 1.36. The Kier molecular flexibility index (Phi) is 5.75. The summed E-state index contributed by atoms with van der Waals surface area (Å²) in [6, 6.07) is 16.3. The molecule has 1 aromatic heterocycles. The Labute approximate surface area is 192 Å². The van der Waals surface area contributed by atoms with Crippen molar-refractivity contribution < 1.29 is 23.8 Å². The fraction of sp³-hybridized carbons (Fsp3) is 0.333. The van der Waals surface area contributed by atoms with Crippen LogP contribution in [0.3, 0.4) is 0 Å². The highest BCUT2D eigenvalue weighted by Crippen LogP contribution is 2.45. The second-order valence-electron chi connectivity index (χ2n) is 8.84. The average Bonchev–Trinajstić information content (AvgIpc) is 3.59. The highest BCUT2D eigenvalue weighted by atomic mass is 19.1. The molecule has 5 nitrogen and oxygen atoms in total. The normalized spacial score (nSPS) is 17.9. The second-order valence-corrected chi connectivity index (χ2v) is 8.84. The largest absolute Gasteiger partial charge is 0.497 e. The quantitative estimate of drug-likeness (QED) is 0.463. The van der Waals surface area contributed by atoms with E-state index in [0.29, 0.717) is 22.9 Å². The number of fused-ring (bicyclic) bond motifs is 1. The lowest BCUT2D eigenvalue weighted by Gasteiger charge is -2.18. The van der Waals surface area contributed by atoms with Gasteiger partial charge in [-0.15, -0.1) is 0 Å². The van der Waals surface area contributed by atoms with Gasteiger partial charge in [-0.1, -0.05) is 18.2 Å². The number of pyridine rings is 1. The van der Waals surface area contributed by atoms with Crippen molar-refractivity contribution in [3.8, 4) is 22.8 Å². The van der Waals surface area contributed by atoms with Gasteiger partial charge in [-0.05, 0) is 79.5 Å². The van der Waals surface area contributed by atoms with Crippen LogP contribution in [0.25, 0.3) is 11.3 Å². The molecule has 6 heteroatoms. The molecule has 1 N–H and O–H groups in total. The molecule has 5 rings (SSSR count). The maximum absolute atomic E-state index is 14.4. The third-order valence-electron chi connectivity index (χ3n) is 6.60. The van der Waals surface area contributed by atoms with Crippen molar-refractivity contribution in [2.75, 3.05) is 7.11 Å². The smallest absolute Gasteiger partial charge is 0.303 e. The zero-order valence-corrected chi connectivity index (χ0v) is 18.5. The van der Waals surface area contributed by atoms with Gasteiger partial charge in [-0.3, -0.25) is 9.78 Å². The summed E-state index contributed by atoms with van der Waals surface area (Å²) in [5, 5.41) is 9.31. The number of methoxy groups -OCH3 is 1. The van der Waals surface area contributed by atoms with Crippen molar-refractivity contribution in [1.29, 1.82) is 0 Å². The molecule has 170 valence electrons. The lowest BCUT2D eigenvalue weighted by atomic mass is 9.91. The molecular weight excluding hydrogens is 421 g/mol. The van der Waals surface area contributed by atoms with Gasteiger partial charge in [0.2, 0.25) is 0 Å². The van der Waals surface area contributed by atoms with E-state index in [4.69, 9.17) is 14.5 Å². The molecule has 0 spiro atoms. The zero-order valence-electron chi connectivity index (χ0n) is 18.5. The van der Waals surface area contributed by atoms with Crippen LogP contribution in [0.4, 0.5) is 4.39 Å². The summed E-state index contributed by atoms with van der Waals surface area (Å²) in [6.45, 7) is 0. The highest BCUT2D eigenvalue weighted by molar-refractivity contribution is 5.68. The second kappa shape index (κ2) is 8.85. The van der Waals surface area contributed by atoms with Gasteiger partial charge < -0.3 is 14.6 Å². The fourth-order valence-corrected chi connectivity index (χ4v) is 4.76.